The maximum absolute atomic E-state index is 4.12. The number of nitrogens with one attached hydrogen (secondary N) is 2. The lowest BCUT2D eigenvalue weighted by Gasteiger charge is -2.23. The molecule has 0 bridgehead atoms. The highest BCUT2D eigenvalue weighted by atomic mass is 32.2. The topological polar surface area (TPSA) is 41.9 Å². The highest BCUT2D eigenvalue weighted by molar-refractivity contribution is 7.99. The van der Waals surface area contributed by atoms with Crippen LogP contribution in [0.4, 0.5) is 5.69 Å². The quantitative estimate of drug-likeness (QED) is 0.801. The summed E-state index contributed by atoms with van der Waals surface area (Å²) in [5.41, 5.74) is 1.11. The van der Waals surface area contributed by atoms with Gasteiger partial charge in [-0.05, 0) is 6.42 Å². The second-order valence-electron chi connectivity index (χ2n) is 3.84. The van der Waals surface area contributed by atoms with Gasteiger partial charge in [-0.3, -0.25) is 4.68 Å². The Morgan fingerprint density at radius 3 is 3.33 bits per heavy atom. The number of aryl methyl sites for hydroxylation is 1. The van der Waals surface area contributed by atoms with E-state index in [1.807, 2.05) is 35.9 Å². The lowest BCUT2D eigenvalue weighted by Crippen LogP contribution is -2.38. The highest BCUT2D eigenvalue weighted by Gasteiger charge is 2.11. The Bertz CT molecular complexity index is 293. The van der Waals surface area contributed by atoms with Crippen LogP contribution in [0.1, 0.15) is 6.42 Å². The monoisotopic (exact) mass is 226 g/mol. The molecule has 1 unspecified atom stereocenters. The number of thioether (sulfide) groups is 1. The van der Waals surface area contributed by atoms with Gasteiger partial charge in [0.25, 0.3) is 0 Å². The summed E-state index contributed by atoms with van der Waals surface area (Å²) in [6.07, 6.45) is 5.05. The summed E-state index contributed by atoms with van der Waals surface area (Å²) in [4.78, 5) is 0. The van der Waals surface area contributed by atoms with Crippen LogP contribution in [0.2, 0.25) is 0 Å². The standard InChI is InChI=1S/C10H18N4S/c1-14-7-10(6-13-14)11-3-2-9-8-15-5-4-12-9/h6-7,9,11-12H,2-5,8H2,1H3. The molecular formula is C10H18N4S. The van der Waals surface area contributed by atoms with Gasteiger partial charge < -0.3 is 10.6 Å². The van der Waals surface area contributed by atoms with Crippen LogP contribution in [0.5, 0.6) is 0 Å². The van der Waals surface area contributed by atoms with E-state index in [0.717, 1.165) is 18.8 Å². The average Bonchev–Trinajstić information content (AvgIpc) is 2.66. The predicted molar refractivity (Wildman–Crippen MR) is 65.4 cm³/mol. The van der Waals surface area contributed by atoms with Gasteiger partial charge in [0, 0.05) is 43.9 Å². The maximum atomic E-state index is 4.12. The molecule has 84 valence electrons. The number of anilines is 1. The first kappa shape index (κ1) is 10.8. The van der Waals surface area contributed by atoms with Crippen molar-refractivity contribution < 1.29 is 0 Å². The summed E-state index contributed by atoms with van der Waals surface area (Å²) < 4.78 is 1.82. The van der Waals surface area contributed by atoms with Gasteiger partial charge in [0.05, 0.1) is 11.9 Å². The molecule has 2 heterocycles. The maximum Gasteiger partial charge on any atom is 0.0726 e. The van der Waals surface area contributed by atoms with Crippen LogP contribution in [0.3, 0.4) is 0 Å². The van der Waals surface area contributed by atoms with Crippen molar-refractivity contribution in [1.29, 1.82) is 0 Å². The Kier molecular flexibility index (Phi) is 3.91. The molecule has 15 heavy (non-hydrogen) atoms. The molecule has 0 spiro atoms. The predicted octanol–water partition coefficient (Wildman–Crippen LogP) is 0.927. The molecule has 4 nitrogen and oxygen atoms in total. The minimum absolute atomic E-state index is 0.674. The van der Waals surface area contributed by atoms with Crippen LogP contribution < -0.4 is 10.6 Å². The van der Waals surface area contributed by atoms with Crippen LogP contribution in [-0.4, -0.2) is 40.4 Å². The summed E-state index contributed by atoms with van der Waals surface area (Å²) in [5, 5.41) is 11.0. The molecule has 1 aromatic rings. The van der Waals surface area contributed by atoms with Crippen LogP contribution in [0.15, 0.2) is 12.4 Å². The van der Waals surface area contributed by atoms with Crippen LogP contribution >= 0.6 is 11.8 Å². The minimum atomic E-state index is 0.674. The normalized spacial score (nSPS) is 21.5. The van der Waals surface area contributed by atoms with Crippen LogP contribution in [0, 0.1) is 0 Å². The zero-order chi connectivity index (χ0) is 10.5. The summed E-state index contributed by atoms with van der Waals surface area (Å²) in [6, 6.07) is 0.674. The summed E-state index contributed by atoms with van der Waals surface area (Å²) in [5.74, 6) is 2.50. The largest absolute Gasteiger partial charge is 0.382 e. The Morgan fingerprint density at radius 2 is 2.67 bits per heavy atom. The molecule has 2 rings (SSSR count). The van der Waals surface area contributed by atoms with E-state index >= 15 is 0 Å². The second kappa shape index (κ2) is 5.42. The van der Waals surface area contributed by atoms with Crippen molar-refractivity contribution in [2.24, 2.45) is 7.05 Å². The Balaban J connectivity index is 1.65. The number of aromatic nitrogens is 2. The Labute approximate surface area is 94.8 Å². The zero-order valence-corrected chi connectivity index (χ0v) is 9.89. The molecule has 1 atom stereocenters. The van der Waals surface area contributed by atoms with Gasteiger partial charge in [0.15, 0.2) is 0 Å². The fourth-order valence-electron chi connectivity index (χ4n) is 1.71. The third-order valence-electron chi connectivity index (χ3n) is 2.53. The van der Waals surface area contributed by atoms with Crippen molar-refractivity contribution in [2.45, 2.75) is 12.5 Å². The molecule has 1 aliphatic rings. The molecule has 1 saturated heterocycles. The molecule has 0 saturated carbocycles. The smallest absolute Gasteiger partial charge is 0.0726 e. The Morgan fingerprint density at radius 1 is 1.73 bits per heavy atom. The number of hydrogen-bond donors (Lipinski definition) is 2. The average molecular weight is 226 g/mol. The first-order chi connectivity index (χ1) is 7.34. The third-order valence-corrected chi connectivity index (χ3v) is 3.66. The molecule has 0 aliphatic carbocycles. The molecule has 0 aromatic carbocycles. The minimum Gasteiger partial charge on any atom is -0.382 e. The second-order valence-corrected chi connectivity index (χ2v) is 4.99. The number of hydrogen-bond acceptors (Lipinski definition) is 4. The molecule has 1 aromatic heterocycles. The number of rotatable bonds is 4. The fraction of sp³-hybridized carbons (Fsp3) is 0.700. The van der Waals surface area contributed by atoms with Crippen molar-refractivity contribution >= 4 is 17.4 Å². The lowest BCUT2D eigenvalue weighted by atomic mass is 10.2. The molecule has 0 amide bonds. The Hall–Kier alpha value is -0.680. The molecule has 5 heteroatoms. The summed E-state index contributed by atoms with van der Waals surface area (Å²) in [7, 11) is 1.94. The van der Waals surface area contributed by atoms with E-state index in [1.165, 1.54) is 17.9 Å². The van der Waals surface area contributed by atoms with Crippen LogP contribution in [0.25, 0.3) is 0 Å². The van der Waals surface area contributed by atoms with Gasteiger partial charge in [-0.25, -0.2) is 0 Å². The van der Waals surface area contributed by atoms with Gasteiger partial charge in [-0.15, -0.1) is 0 Å². The number of nitrogens with zero attached hydrogens (tertiary/aromatic N) is 2. The van der Waals surface area contributed by atoms with E-state index in [4.69, 9.17) is 0 Å². The summed E-state index contributed by atoms with van der Waals surface area (Å²) in [6.45, 7) is 2.17. The van der Waals surface area contributed by atoms with E-state index < -0.39 is 0 Å². The van der Waals surface area contributed by atoms with E-state index in [9.17, 15) is 0 Å². The van der Waals surface area contributed by atoms with E-state index in [1.54, 1.807) is 0 Å². The lowest BCUT2D eigenvalue weighted by molar-refractivity contribution is 0.541. The van der Waals surface area contributed by atoms with Gasteiger partial charge in [0.2, 0.25) is 0 Å². The molecule has 2 N–H and O–H groups in total. The first-order valence-electron chi connectivity index (χ1n) is 5.38. The van der Waals surface area contributed by atoms with Crippen LogP contribution in [-0.2, 0) is 7.05 Å². The first-order valence-corrected chi connectivity index (χ1v) is 6.54. The molecule has 1 fully saturated rings. The van der Waals surface area contributed by atoms with Gasteiger partial charge in [0.1, 0.15) is 0 Å². The van der Waals surface area contributed by atoms with Gasteiger partial charge in [-0.2, -0.15) is 16.9 Å². The third kappa shape index (κ3) is 3.43. The summed E-state index contributed by atoms with van der Waals surface area (Å²) >= 11 is 2.05. The van der Waals surface area contributed by atoms with E-state index in [-0.39, 0.29) is 0 Å². The zero-order valence-electron chi connectivity index (χ0n) is 9.07. The SMILES string of the molecule is Cn1cc(NCCC2CSCCN2)cn1. The van der Waals surface area contributed by atoms with Crippen molar-refractivity contribution in [2.75, 3.05) is 29.9 Å². The van der Waals surface area contributed by atoms with E-state index in [0.29, 0.717) is 6.04 Å². The van der Waals surface area contributed by atoms with Crippen molar-refractivity contribution in [1.82, 2.24) is 15.1 Å². The fourth-order valence-corrected chi connectivity index (χ4v) is 2.71. The van der Waals surface area contributed by atoms with Crippen molar-refractivity contribution in [3.8, 4) is 0 Å². The van der Waals surface area contributed by atoms with Gasteiger partial charge >= 0.3 is 0 Å². The van der Waals surface area contributed by atoms with Crippen molar-refractivity contribution in [3.63, 3.8) is 0 Å². The molecule has 1 aliphatic heterocycles. The van der Waals surface area contributed by atoms with E-state index in [2.05, 4.69) is 15.7 Å². The highest BCUT2D eigenvalue weighted by Crippen LogP contribution is 2.10. The molecular weight excluding hydrogens is 208 g/mol. The van der Waals surface area contributed by atoms with Gasteiger partial charge in [-0.1, -0.05) is 0 Å². The molecule has 0 radical (unpaired) electrons. The van der Waals surface area contributed by atoms with Crippen molar-refractivity contribution in [3.05, 3.63) is 12.4 Å².